The Kier molecular flexibility index (Phi) is 5.48. The molecule has 1 aliphatic heterocycles. The van der Waals surface area contributed by atoms with Crippen molar-refractivity contribution in [3.63, 3.8) is 0 Å². The third kappa shape index (κ3) is 4.36. The number of hydrogen-bond donors (Lipinski definition) is 1. The second kappa shape index (κ2) is 6.88. The Bertz CT molecular complexity index is 334. The minimum atomic E-state index is -0.297. The van der Waals surface area contributed by atoms with Crippen LogP contribution >= 0.6 is 27.3 Å². The molecule has 2 rings (SSSR count). The maximum absolute atomic E-state index is 10.1. The number of rotatable bonds is 4. The van der Waals surface area contributed by atoms with Gasteiger partial charge in [0, 0.05) is 11.4 Å². The smallest absolute Gasteiger partial charge is 0.0894 e. The molecule has 0 aliphatic carbocycles. The Morgan fingerprint density at radius 2 is 1.94 bits per heavy atom. The molecule has 1 aromatic heterocycles. The van der Waals surface area contributed by atoms with Crippen LogP contribution < -0.4 is 0 Å². The second-order valence-electron chi connectivity index (χ2n) is 4.70. The molecular formula is C13H20BrNOS. The van der Waals surface area contributed by atoms with Crippen molar-refractivity contribution in [1.29, 1.82) is 0 Å². The number of likely N-dealkylation sites (tertiary alicyclic amines) is 1. The van der Waals surface area contributed by atoms with E-state index in [0.717, 1.165) is 21.6 Å². The van der Waals surface area contributed by atoms with Gasteiger partial charge in [0.25, 0.3) is 0 Å². The normalized spacial score (nSPS) is 20.1. The predicted molar refractivity (Wildman–Crippen MR) is 76.5 cm³/mol. The average molecular weight is 318 g/mol. The maximum Gasteiger partial charge on any atom is 0.0894 e. The van der Waals surface area contributed by atoms with Gasteiger partial charge in [-0.3, -0.25) is 0 Å². The van der Waals surface area contributed by atoms with Crippen molar-refractivity contribution in [1.82, 2.24) is 4.90 Å². The van der Waals surface area contributed by atoms with E-state index in [-0.39, 0.29) is 6.10 Å². The van der Waals surface area contributed by atoms with Crippen LogP contribution in [0.3, 0.4) is 0 Å². The van der Waals surface area contributed by atoms with Gasteiger partial charge in [0.2, 0.25) is 0 Å². The second-order valence-corrected chi connectivity index (χ2v) is 7.20. The first-order chi connectivity index (χ1) is 8.25. The highest BCUT2D eigenvalue weighted by atomic mass is 79.9. The predicted octanol–water partition coefficient (Wildman–Crippen LogP) is 3.81. The lowest BCUT2D eigenvalue weighted by atomic mass is 10.2. The minimum absolute atomic E-state index is 0.297. The fourth-order valence-corrected chi connectivity index (χ4v) is 3.76. The summed E-state index contributed by atoms with van der Waals surface area (Å²) >= 11 is 5.07. The van der Waals surface area contributed by atoms with E-state index < -0.39 is 0 Å². The SMILES string of the molecule is OC(CCN1CCCCCC1)c1ccc(Br)s1. The van der Waals surface area contributed by atoms with Gasteiger partial charge in [-0.05, 0) is 60.4 Å². The van der Waals surface area contributed by atoms with Crippen molar-refractivity contribution in [3.05, 3.63) is 20.8 Å². The molecule has 0 aromatic carbocycles. The average Bonchev–Trinajstić information content (AvgIpc) is 2.61. The van der Waals surface area contributed by atoms with Crippen molar-refractivity contribution < 1.29 is 5.11 Å². The molecule has 0 radical (unpaired) electrons. The van der Waals surface area contributed by atoms with E-state index >= 15 is 0 Å². The van der Waals surface area contributed by atoms with Crippen molar-refractivity contribution >= 4 is 27.3 Å². The van der Waals surface area contributed by atoms with Gasteiger partial charge >= 0.3 is 0 Å². The van der Waals surface area contributed by atoms with Gasteiger partial charge in [-0.2, -0.15) is 0 Å². The highest BCUT2D eigenvalue weighted by Crippen LogP contribution is 2.29. The third-order valence-corrected chi connectivity index (χ3v) is 5.06. The van der Waals surface area contributed by atoms with Crippen molar-refractivity contribution in [2.45, 2.75) is 38.2 Å². The lowest BCUT2D eigenvalue weighted by Gasteiger charge is -2.21. The number of thiophene rings is 1. The summed E-state index contributed by atoms with van der Waals surface area (Å²) in [5.41, 5.74) is 0. The van der Waals surface area contributed by atoms with E-state index in [1.165, 1.54) is 38.8 Å². The molecule has 1 atom stereocenters. The van der Waals surface area contributed by atoms with Gasteiger partial charge in [-0.15, -0.1) is 11.3 Å². The van der Waals surface area contributed by atoms with Gasteiger partial charge in [0.1, 0.15) is 0 Å². The standard InChI is InChI=1S/C13H20BrNOS/c14-13-6-5-12(17-13)11(16)7-10-15-8-3-1-2-4-9-15/h5-6,11,16H,1-4,7-10H2. The van der Waals surface area contributed by atoms with E-state index in [0.29, 0.717) is 0 Å². The Hall–Kier alpha value is 0.1000. The summed E-state index contributed by atoms with van der Waals surface area (Å²) in [5.74, 6) is 0. The van der Waals surface area contributed by atoms with Crippen LogP contribution in [0, 0.1) is 0 Å². The molecule has 0 spiro atoms. The summed E-state index contributed by atoms with van der Waals surface area (Å²) in [6.45, 7) is 3.44. The van der Waals surface area contributed by atoms with Crippen LogP contribution in [0.5, 0.6) is 0 Å². The fraction of sp³-hybridized carbons (Fsp3) is 0.692. The van der Waals surface area contributed by atoms with Crippen LogP contribution in [0.4, 0.5) is 0 Å². The van der Waals surface area contributed by atoms with Gasteiger partial charge in [-0.25, -0.2) is 0 Å². The largest absolute Gasteiger partial charge is 0.388 e. The van der Waals surface area contributed by atoms with E-state index in [1.54, 1.807) is 11.3 Å². The number of aliphatic hydroxyl groups excluding tert-OH is 1. The number of halogens is 1. The number of hydrogen-bond acceptors (Lipinski definition) is 3. The molecule has 0 bridgehead atoms. The van der Waals surface area contributed by atoms with Crippen molar-refractivity contribution in [2.24, 2.45) is 0 Å². The van der Waals surface area contributed by atoms with Crippen LogP contribution in [-0.2, 0) is 0 Å². The monoisotopic (exact) mass is 317 g/mol. The Morgan fingerprint density at radius 3 is 2.53 bits per heavy atom. The molecule has 1 fully saturated rings. The molecule has 0 saturated carbocycles. The zero-order valence-electron chi connectivity index (χ0n) is 10.1. The number of nitrogens with zero attached hydrogens (tertiary/aromatic N) is 1. The zero-order chi connectivity index (χ0) is 12.1. The summed E-state index contributed by atoms with van der Waals surface area (Å²) in [5, 5.41) is 10.1. The molecule has 2 nitrogen and oxygen atoms in total. The highest BCUT2D eigenvalue weighted by molar-refractivity contribution is 9.11. The molecule has 4 heteroatoms. The first-order valence-electron chi connectivity index (χ1n) is 6.41. The van der Waals surface area contributed by atoms with Crippen LogP contribution in [0.15, 0.2) is 15.9 Å². The summed E-state index contributed by atoms with van der Waals surface area (Å²) in [4.78, 5) is 3.57. The van der Waals surface area contributed by atoms with Crippen molar-refractivity contribution in [2.75, 3.05) is 19.6 Å². The molecule has 1 aliphatic rings. The Labute approximate surface area is 116 Å². The molecule has 96 valence electrons. The Balaban J connectivity index is 1.77. The first-order valence-corrected chi connectivity index (χ1v) is 8.02. The van der Waals surface area contributed by atoms with Crippen LogP contribution in [0.2, 0.25) is 0 Å². The zero-order valence-corrected chi connectivity index (χ0v) is 12.5. The van der Waals surface area contributed by atoms with Crippen LogP contribution in [-0.4, -0.2) is 29.6 Å². The molecule has 2 heterocycles. The number of aliphatic hydroxyl groups is 1. The summed E-state index contributed by atoms with van der Waals surface area (Å²) in [6, 6.07) is 4.02. The van der Waals surface area contributed by atoms with E-state index in [2.05, 4.69) is 20.8 Å². The first kappa shape index (κ1) is 13.5. The summed E-state index contributed by atoms with van der Waals surface area (Å²) in [7, 11) is 0. The molecular weight excluding hydrogens is 298 g/mol. The molecule has 17 heavy (non-hydrogen) atoms. The van der Waals surface area contributed by atoms with Gasteiger partial charge in [-0.1, -0.05) is 12.8 Å². The summed E-state index contributed by atoms with van der Waals surface area (Å²) < 4.78 is 1.10. The highest BCUT2D eigenvalue weighted by Gasteiger charge is 2.14. The van der Waals surface area contributed by atoms with Gasteiger partial charge in [0.05, 0.1) is 9.89 Å². The van der Waals surface area contributed by atoms with Crippen LogP contribution in [0.25, 0.3) is 0 Å². The van der Waals surface area contributed by atoms with Crippen molar-refractivity contribution in [3.8, 4) is 0 Å². The maximum atomic E-state index is 10.1. The Morgan fingerprint density at radius 1 is 1.24 bits per heavy atom. The minimum Gasteiger partial charge on any atom is -0.388 e. The fourth-order valence-electron chi connectivity index (χ4n) is 2.31. The molecule has 1 saturated heterocycles. The quantitative estimate of drug-likeness (QED) is 0.912. The van der Waals surface area contributed by atoms with Crippen LogP contribution in [0.1, 0.15) is 43.1 Å². The molecule has 1 N–H and O–H groups in total. The van der Waals surface area contributed by atoms with Gasteiger partial charge < -0.3 is 10.0 Å². The lowest BCUT2D eigenvalue weighted by Crippen LogP contribution is -2.26. The lowest BCUT2D eigenvalue weighted by molar-refractivity contribution is 0.146. The molecule has 1 unspecified atom stereocenters. The summed E-state index contributed by atoms with van der Waals surface area (Å²) in [6.07, 6.45) is 5.94. The third-order valence-electron chi connectivity index (χ3n) is 3.34. The molecule has 1 aromatic rings. The van der Waals surface area contributed by atoms with Gasteiger partial charge in [0.15, 0.2) is 0 Å². The topological polar surface area (TPSA) is 23.5 Å². The molecule has 0 amide bonds. The van der Waals surface area contributed by atoms with E-state index in [9.17, 15) is 5.11 Å². The van der Waals surface area contributed by atoms with E-state index in [1.807, 2.05) is 12.1 Å². The van der Waals surface area contributed by atoms with E-state index in [4.69, 9.17) is 0 Å².